The van der Waals surface area contributed by atoms with Crippen LogP contribution in [0.2, 0.25) is 0 Å². The van der Waals surface area contributed by atoms with E-state index in [-0.39, 0.29) is 17.9 Å². The minimum Gasteiger partial charge on any atom is -0.381 e. The van der Waals surface area contributed by atoms with Crippen LogP contribution in [0.5, 0.6) is 0 Å². The Morgan fingerprint density at radius 1 is 1.26 bits per heavy atom. The normalized spacial score (nSPS) is 15.2. The predicted octanol–water partition coefficient (Wildman–Crippen LogP) is 3.91. The molecule has 1 N–H and O–H groups in total. The molecule has 1 aliphatic rings. The molecule has 0 unspecified atom stereocenters. The first-order valence-electron chi connectivity index (χ1n) is 10.7. The van der Waals surface area contributed by atoms with Gasteiger partial charge in [-0.3, -0.25) is 14.5 Å². The third-order valence-corrected chi connectivity index (χ3v) is 6.34. The van der Waals surface area contributed by atoms with Gasteiger partial charge in [-0.15, -0.1) is 11.3 Å². The van der Waals surface area contributed by atoms with Crippen LogP contribution in [0.3, 0.4) is 0 Å². The zero-order chi connectivity index (χ0) is 21.8. The van der Waals surface area contributed by atoms with Crippen molar-refractivity contribution in [3.63, 3.8) is 0 Å². The van der Waals surface area contributed by atoms with Gasteiger partial charge in [0.2, 0.25) is 5.91 Å². The maximum Gasteiger partial charge on any atom is 0.226 e. The Bertz CT molecular complexity index is 1020. The molecule has 0 radical (unpaired) electrons. The zero-order valence-corrected chi connectivity index (χ0v) is 19.1. The Kier molecular flexibility index (Phi) is 6.48. The van der Waals surface area contributed by atoms with Gasteiger partial charge in [-0.05, 0) is 51.7 Å². The molecule has 0 atom stereocenters. The SMILES string of the molecule is CC(C)(C)n1ncc(-c2nc(CC(=O)NCC3CCOCC3)cs2)c1-c1ccncc1. The molecule has 0 aromatic carbocycles. The molecule has 164 valence electrons. The summed E-state index contributed by atoms with van der Waals surface area (Å²) in [4.78, 5) is 21.3. The maximum atomic E-state index is 12.4. The highest BCUT2D eigenvalue weighted by molar-refractivity contribution is 7.13. The summed E-state index contributed by atoms with van der Waals surface area (Å²) in [6.45, 7) is 8.68. The number of aromatic nitrogens is 4. The summed E-state index contributed by atoms with van der Waals surface area (Å²) < 4.78 is 7.41. The van der Waals surface area contributed by atoms with E-state index < -0.39 is 0 Å². The van der Waals surface area contributed by atoms with Gasteiger partial charge < -0.3 is 10.1 Å². The van der Waals surface area contributed by atoms with Crippen molar-refractivity contribution in [2.24, 2.45) is 5.92 Å². The van der Waals surface area contributed by atoms with Crippen LogP contribution < -0.4 is 5.32 Å². The average molecular weight is 440 g/mol. The van der Waals surface area contributed by atoms with Crippen molar-refractivity contribution in [1.29, 1.82) is 0 Å². The van der Waals surface area contributed by atoms with E-state index in [1.54, 1.807) is 23.7 Å². The second-order valence-corrected chi connectivity index (χ2v) is 9.76. The maximum absolute atomic E-state index is 12.4. The fourth-order valence-corrected chi connectivity index (χ4v) is 4.58. The molecule has 1 amide bonds. The van der Waals surface area contributed by atoms with Crippen molar-refractivity contribution < 1.29 is 9.53 Å². The number of amides is 1. The van der Waals surface area contributed by atoms with Gasteiger partial charge in [-0.1, -0.05) is 0 Å². The van der Waals surface area contributed by atoms with Crippen molar-refractivity contribution in [1.82, 2.24) is 25.1 Å². The van der Waals surface area contributed by atoms with Crippen LogP contribution in [-0.4, -0.2) is 45.4 Å². The molecule has 3 aromatic rings. The van der Waals surface area contributed by atoms with Crippen molar-refractivity contribution in [3.05, 3.63) is 41.8 Å². The molecular formula is C23H29N5O2S. The van der Waals surface area contributed by atoms with Gasteiger partial charge in [0.25, 0.3) is 0 Å². The Morgan fingerprint density at radius 3 is 2.71 bits per heavy atom. The van der Waals surface area contributed by atoms with E-state index in [2.05, 4.69) is 36.2 Å². The summed E-state index contributed by atoms with van der Waals surface area (Å²) >= 11 is 1.55. The highest BCUT2D eigenvalue weighted by Gasteiger charge is 2.24. The van der Waals surface area contributed by atoms with Crippen LogP contribution >= 0.6 is 11.3 Å². The lowest BCUT2D eigenvalue weighted by molar-refractivity contribution is -0.120. The summed E-state index contributed by atoms with van der Waals surface area (Å²) in [5, 5.41) is 10.6. The van der Waals surface area contributed by atoms with Crippen LogP contribution in [0.1, 0.15) is 39.3 Å². The number of nitrogens with zero attached hydrogens (tertiary/aromatic N) is 4. The van der Waals surface area contributed by atoms with Gasteiger partial charge in [0.15, 0.2) is 0 Å². The molecule has 0 saturated carbocycles. The minimum atomic E-state index is -0.180. The van der Waals surface area contributed by atoms with Crippen LogP contribution in [0.4, 0.5) is 0 Å². The lowest BCUT2D eigenvalue weighted by Gasteiger charge is -2.23. The van der Waals surface area contributed by atoms with E-state index >= 15 is 0 Å². The molecule has 0 aliphatic carbocycles. The standard InChI is InChI=1S/C23H29N5O2S/c1-23(2,3)28-21(17-4-8-24-9-5-17)19(14-26-28)22-27-18(15-31-22)12-20(29)25-13-16-6-10-30-11-7-16/h4-5,8-9,14-16H,6-7,10-13H2,1-3H3,(H,25,29). The highest BCUT2D eigenvalue weighted by atomic mass is 32.1. The summed E-state index contributed by atoms with van der Waals surface area (Å²) in [6.07, 6.45) is 7.75. The second-order valence-electron chi connectivity index (χ2n) is 8.91. The molecule has 1 aliphatic heterocycles. The number of carbonyl (C=O) groups excluding carboxylic acids is 1. The quantitative estimate of drug-likeness (QED) is 0.630. The molecule has 4 rings (SSSR count). The predicted molar refractivity (Wildman–Crippen MR) is 122 cm³/mol. The van der Waals surface area contributed by atoms with Gasteiger partial charge in [-0.2, -0.15) is 5.10 Å². The van der Waals surface area contributed by atoms with Gasteiger partial charge >= 0.3 is 0 Å². The lowest BCUT2D eigenvalue weighted by atomic mass is 10.0. The number of hydrogen-bond acceptors (Lipinski definition) is 6. The molecule has 1 saturated heterocycles. The summed E-state index contributed by atoms with van der Waals surface area (Å²) in [7, 11) is 0. The van der Waals surface area contributed by atoms with Gasteiger partial charge in [0, 0.05) is 43.1 Å². The van der Waals surface area contributed by atoms with E-state index in [1.165, 1.54) is 0 Å². The fraction of sp³-hybridized carbons (Fsp3) is 0.478. The molecule has 7 nitrogen and oxygen atoms in total. The van der Waals surface area contributed by atoms with Gasteiger partial charge in [-0.25, -0.2) is 4.98 Å². The number of thiazole rings is 1. The van der Waals surface area contributed by atoms with Crippen molar-refractivity contribution in [2.75, 3.05) is 19.8 Å². The first-order chi connectivity index (χ1) is 14.9. The van der Waals surface area contributed by atoms with Crippen LogP contribution in [0.15, 0.2) is 36.1 Å². The first-order valence-corrected chi connectivity index (χ1v) is 11.6. The monoisotopic (exact) mass is 439 g/mol. The Labute approximate surface area is 186 Å². The topological polar surface area (TPSA) is 81.9 Å². The van der Waals surface area contributed by atoms with Gasteiger partial charge in [0.1, 0.15) is 5.01 Å². The number of nitrogens with one attached hydrogen (secondary N) is 1. The molecule has 0 bridgehead atoms. The molecule has 4 heterocycles. The number of hydrogen-bond donors (Lipinski definition) is 1. The number of pyridine rings is 1. The Balaban J connectivity index is 1.51. The number of carbonyl (C=O) groups is 1. The molecule has 31 heavy (non-hydrogen) atoms. The van der Waals surface area contributed by atoms with Crippen LogP contribution in [0, 0.1) is 5.92 Å². The van der Waals surface area contributed by atoms with E-state index in [0.717, 1.165) is 53.6 Å². The van der Waals surface area contributed by atoms with Crippen molar-refractivity contribution >= 4 is 17.2 Å². The van der Waals surface area contributed by atoms with E-state index in [0.29, 0.717) is 12.5 Å². The summed E-state index contributed by atoms with van der Waals surface area (Å²) in [6, 6.07) is 3.97. The van der Waals surface area contributed by atoms with Crippen LogP contribution in [0.25, 0.3) is 21.8 Å². The smallest absolute Gasteiger partial charge is 0.226 e. The third-order valence-electron chi connectivity index (χ3n) is 5.41. The summed E-state index contributed by atoms with van der Waals surface area (Å²) in [5.74, 6) is 0.526. The Morgan fingerprint density at radius 2 is 2.00 bits per heavy atom. The first kappa shape index (κ1) is 21.6. The average Bonchev–Trinajstić information content (AvgIpc) is 3.40. The molecule has 3 aromatic heterocycles. The van der Waals surface area contributed by atoms with E-state index in [1.807, 2.05) is 28.4 Å². The Hall–Kier alpha value is -2.58. The fourth-order valence-electron chi connectivity index (χ4n) is 3.75. The van der Waals surface area contributed by atoms with Crippen molar-refractivity contribution in [3.8, 4) is 21.8 Å². The number of rotatable bonds is 6. The molecule has 8 heteroatoms. The second kappa shape index (κ2) is 9.28. The molecule has 0 spiro atoms. The van der Waals surface area contributed by atoms with Gasteiger partial charge in [0.05, 0.1) is 35.1 Å². The third kappa shape index (κ3) is 5.19. The van der Waals surface area contributed by atoms with E-state index in [4.69, 9.17) is 9.72 Å². The van der Waals surface area contributed by atoms with Crippen LogP contribution in [-0.2, 0) is 21.5 Å². The number of ether oxygens (including phenoxy) is 1. The van der Waals surface area contributed by atoms with E-state index in [9.17, 15) is 4.79 Å². The lowest BCUT2D eigenvalue weighted by Crippen LogP contribution is -2.33. The zero-order valence-electron chi connectivity index (χ0n) is 18.3. The van der Waals surface area contributed by atoms with Crippen molar-refractivity contribution in [2.45, 2.75) is 45.6 Å². The molecule has 1 fully saturated rings. The summed E-state index contributed by atoms with van der Waals surface area (Å²) in [5.41, 5.74) is 3.64. The minimum absolute atomic E-state index is 0.0167. The largest absolute Gasteiger partial charge is 0.381 e. The highest BCUT2D eigenvalue weighted by Crippen LogP contribution is 2.36. The molecular weight excluding hydrogens is 410 g/mol.